The minimum Gasteiger partial charge on any atom is -0.351 e. The second kappa shape index (κ2) is 7.22. The molecule has 146 valence electrons. The fourth-order valence-corrected chi connectivity index (χ4v) is 4.09. The number of nitrogens with zero attached hydrogens (tertiary/aromatic N) is 2. The van der Waals surface area contributed by atoms with Crippen molar-refractivity contribution < 1.29 is 18.4 Å². The predicted molar refractivity (Wildman–Crippen MR) is 102 cm³/mol. The van der Waals surface area contributed by atoms with E-state index < -0.39 is 17.5 Å². The van der Waals surface area contributed by atoms with Crippen LogP contribution in [-0.2, 0) is 0 Å². The third-order valence-electron chi connectivity index (χ3n) is 5.35. The van der Waals surface area contributed by atoms with Crippen molar-refractivity contribution in [2.24, 2.45) is 0 Å². The first-order chi connectivity index (χ1) is 13.5. The molecule has 1 atom stereocenters. The minimum absolute atomic E-state index is 0.00868. The van der Waals surface area contributed by atoms with Crippen molar-refractivity contribution in [3.63, 3.8) is 0 Å². The van der Waals surface area contributed by atoms with Crippen molar-refractivity contribution in [1.82, 2.24) is 4.90 Å². The van der Waals surface area contributed by atoms with Crippen molar-refractivity contribution in [2.75, 3.05) is 23.3 Å². The van der Waals surface area contributed by atoms with Gasteiger partial charge in [-0.05, 0) is 56.5 Å². The third-order valence-corrected chi connectivity index (χ3v) is 5.35. The van der Waals surface area contributed by atoms with Gasteiger partial charge in [-0.2, -0.15) is 0 Å². The van der Waals surface area contributed by atoms with E-state index in [9.17, 15) is 18.4 Å². The Labute approximate surface area is 161 Å². The smallest absolute Gasteiger partial charge is 0.257 e. The van der Waals surface area contributed by atoms with Crippen molar-refractivity contribution >= 4 is 23.2 Å². The number of amides is 2. The Morgan fingerprint density at radius 3 is 2.61 bits per heavy atom. The summed E-state index contributed by atoms with van der Waals surface area (Å²) < 4.78 is 26.7. The molecule has 4 rings (SSSR count). The monoisotopic (exact) mass is 385 g/mol. The van der Waals surface area contributed by atoms with Gasteiger partial charge in [-0.3, -0.25) is 9.59 Å². The molecule has 7 heteroatoms. The standard InChI is InChI=1S/C21H21F2N3O2/c1-2-25-18-9-13(20(27)24-16-11-14(22)10-15(23)12-16)6-7-17(18)21(28)26-8-4-3-5-19(25)26/h6-7,9-12,19H,2-5,8H2,1H3,(H,24,27)/t19-/m1/s1. The van der Waals surface area contributed by atoms with Gasteiger partial charge < -0.3 is 15.1 Å². The van der Waals surface area contributed by atoms with E-state index >= 15 is 0 Å². The summed E-state index contributed by atoms with van der Waals surface area (Å²) in [6, 6.07) is 7.78. The van der Waals surface area contributed by atoms with Gasteiger partial charge >= 0.3 is 0 Å². The van der Waals surface area contributed by atoms with Gasteiger partial charge in [0.25, 0.3) is 11.8 Å². The fraction of sp³-hybridized carbons (Fsp3) is 0.333. The van der Waals surface area contributed by atoms with Crippen molar-refractivity contribution in [3.8, 4) is 0 Å². The zero-order valence-corrected chi connectivity index (χ0v) is 15.5. The lowest BCUT2D eigenvalue weighted by molar-refractivity contribution is 0.0582. The predicted octanol–water partition coefficient (Wildman–Crippen LogP) is 4.01. The molecule has 5 nitrogen and oxygen atoms in total. The molecule has 2 amide bonds. The fourth-order valence-electron chi connectivity index (χ4n) is 4.09. The maximum absolute atomic E-state index is 13.4. The largest absolute Gasteiger partial charge is 0.351 e. The maximum atomic E-state index is 13.4. The average molecular weight is 385 g/mol. The third kappa shape index (κ3) is 3.21. The summed E-state index contributed by atoms with van der Waals surface area (Å²) in [7, 11) is 0. The molecule has 1 fully saturated rings. The number of halogens is 2. The summed E-state index contributed by atoms with van der Waals surface area (Å²) in [5.74, 6) is -2.02. The van der Waals surface area contributed by atoms with Crippen LogP contribution in [0.4, 0.5) is 20.2 Å². The molecule has 2 aromatic rings. The van der Waals surface area contributed by atoms with E-state index in [1.807, 2.05) is 11.8 Å². The van der Waals surface area contributed by atoms with E-state index in [0.717, 1.165) is 49.7 Å². The first-order valence-corrected chi connectivity index (χ1v) is 9.47. The lowest BCUT2D eigenvalue weighted by Crippen LogP contribution is -2.57. The van der Waals surface area contributed by atoms with E-state index in [1.54, 1.807) is 18.2 Å². The van der Waals surface area contributed by atoms with Crippen LogP contribution in [0.1, 0.15) is 46.9 Å². The first kappa shape index (κ1) is 18.4. The lowest BCUT2D eigenvalue weighted by Gasteiger charge is -2.47. The molecule has 0 spiro atoms. The van der Waals surface area contributed by atoms with Crippen molar-refractivity contribution in [1.29, 1.82) is 0 Å². The molecule has 0 saturated carbocycles. The number of carbonyl (C=O) groups is 2. The molecular weight excluding hydrogens is 364 g/mol. The summed E-state index contributed by atoms with van der Waals surface area (Å²) in [6.45, 7) is 3.48. The van der Waals surface area contributed by atoms with Crippen LogP contribution in [-0.4, -0.2) is 36.0 Å². The summed E-state index contributed by atoms with van der Waals surface area (Å²) in [4.78, 5) is 29.5. The van der Waals surface area contributed by atoms with E-state index in [2.05, 4.69) is 10.2 Å². The lowest BCUT2D eigenvalue weighted by atomic mass is 9.97. The summed E-state index contributed by atoms with van der Waals surface area (Å²) >= 11 is 0. The van der Waals surface area contributed by atoms with Gasteiger partial charge in [0.2, 0.25) is 0 Å². The summed E-state index contributed by atoms with van der Waals surface area (Å²) in [6.07, 6.45) is 2.97. The zero-order chi connectivity index (χ0) is 19.8. The molecule has 0 unspecified atom stereocenters. The van der Waals surface area contributed by atoms with Crippen molar-refractivity contribution in [2.45, 2.75) is 32.4 Å². The molecular formula is C21H21F2N3O2. The van der Waals surface area contributed by atoms with Crippen LogP contribution in [0.2, 0.25) is 0 Å². The molecule has 2 aliphatic rings. The Morgan fingerprint density at radius 1 is 1.14 bits per heavy atom. The number of fused-ring (bicyclic) bond motifs is 2. The number of carbonyl (C=O) groups excluding carboxylic acids is 2. The SMILES string of the molecule is CCN1c2cc(C(=O)Nc3cc(F)cc(F)c3)ccc2C(=O)N2CCCC[C@@H]21. The molecule has 0 aromatic heterocycles. The number of hydrogen-bond donors (Lipinski definition) is 1. The number of nitrogens with one attached hydrogen (secondary N) is 1. The van der Waals surface area contributed by atoms with Crippen LogP contribution >= 0.6 is 0 Å². The highest BCUT2D eigenvalue weighted by atomic mass is 19.1. The molecule has 1 N–H and O–H groups in total. The highest BCUT2D eigenvalue weighted by Gasteiger charge is 2.38. The number of anilines is 2. The van der Waals surface area contributed by atoms with Gasteiger partial charge in [0.15, 0.2) is 0 Å². The average Bonchev–Trinajstić information content (AvgIpc) is 2.67. The molecule has 28 heavy (non-hydrogen) atoms. The van der Waals surface area contributed by atoms with Crippen LogP contribution in [0.15, 0.2) is 36.4 Å². The van der Waals surface area contributed by atoms with Gasteiger partial charge in [0, 0.05) is 30.4 Å². The summed E-state index contributed by atoms with van der Waals surface area (Å²) in [5.41, 5.74) is 1.68. The Bertz CT molecular complexity index is 927. The molecule has 1 saturated heterocycles. The molecule has 0 bridgehead atoms. The maximum Gasteiger partial charge on any atom is 0.257 e. The summed E-state index contributed by atoms with van der Waals surface area (Å²) in [5, 5.41) is 2.51. The van der Waals surface area contributed by atoms with Crippen LogP contribution in [0.25, 0.3) is 0 Å². The Hall–Kier alpha value is -2.96. The number of hydrogen-bond acceptors (Lipinski definition) is 3. The van der Waals surface area contributed by atoms with E-state index in [1.165, 1.54) is 0 Å². The zero-order valence-electron chi connectivity index (χ0n) is 15.5. The van der Waals surface area contributed by atoms with Gasteiger partial charge in [0.05, 0.1) is 11.3 Å². The van der Waals surface area contributed by atoms with Crippen LogP contribution < -0.4 is 10.2 Å². The van der Waals surface area contributed by atoms with E-state index in [0.29, 0.717) is 17.7 Å². The quantitative estimate of drug-likeness (QED) is 0.869. The van der Waals surface area contributed by atoms with Gasteiger partial charge in [-0.1, -0.05) is 0 Å². The van der Waals surface area contributed by atoms with E-state index in [-0.39, 0.29) is 17.8 Å². The molecule has 2 heterocycles. The van der Waals surface area contributed by atoms with Gasteiger partial charge in [-0.15, -0.1) is 0 Å². The highest BCUT2D eigenvalue weighted by molar-refractivity contribution is 6.08. The first-order valence-electron chi connectivity index (χ1n) is 9.47. The normalized spacial score (nSPS) is 18.5. The molecule has 0 aliphatic carbocycles. The Morgan fingerprint density at radius 2 is 1.89 bits per heavy atom. The van der Waals surface area contributed by atoms with Crippen LogP contribution in [0.3, 0.4) is 0 Å². The Kier molecular flexibility index (Phi) is 4.75. The molecule has 0 radical (unpaired) electrons. The van der Waals surface area contributed by atoms with Crippen LogP contribution in [0.5, 0.6) is 0 Å². The van der Waals surface area contributed by atoms with Crippen LogP contribution in [0, 0.1) is 11.6 Å². The second-order valence-electron chi connectivity index (χ2n) is 7.11. The topological polar surface area (TPSA) is 52.7 Å². The molecule has 2 aliphatic heterocycles. The van der Waals surface area contributed by atoms with Gasteiger partial charge in [0.1, 0.15) is 17.8 Å². The second-order valence-corrected chi connectivity index (χ2v) is 7.11. The number of benzene rings is 2. The number of rotatable bonds is 3. The molecule has 2 aromatic carbocycles. The van der Waals surface area contributed by atoms with E-state index in [4.69, 9.17) is 0 Å². The van der Waals surface area contributed by atoms with Crippen molar-refractivity contribution in [3.05, 3.63) is 59.2 Å². The Balaban J connectivity index is 1.66. The minimum atomic E-state index is -0.763. The van der Waals surface area contributed by atoms with Gasteiger partial charge in [-0.25, -0.2) is 8.78 Å². The highest BCUT2D eigenvalue weighted by Crippen LogP contribution is 2.35. The number of piperidine rings is 1.